The summed E-state index contributed by atoms with van der Waals surface area (Å²) in [5, 5.41) is 0. The van der Waals surface area contributed by atoms with Crippen LogP contribution in [0.15, 0.2) is 41.2 Å². The first kappa shape index (κ1) is 13.2. The summed E-state index contributed by atoms with van der Waals surface area (Å²) in [4.78, 5) is 12.2. The Balaban J connectivity index is 2.76. The summed E-state index contributed by atoms with van der Waals surface area (Å²) in [6.45, 7) is 3.92. The number of nitrogens with zero attached hydrogens (tertiary/aromatic N) is 1. The summed E-state index contributed by atoms with van der Waals surface area (Å²) < 4.78 is 7.05. The number of para-hydroxylation sites is 1. The minimum Gasteiger partial charge on any atom is -0.496 e. The second kappa shape index (κ2) is 5.18. The van der Waals surface area contributed by atoms with E-state index in [1.165, 1.54) is 0 Å². The maximum atomic E-state index is 12.2. The van der Waals surface area contributed by atoms with Gasteiger partial charge >= 0.3 is 0 Å². The Morgan fingerprint density at radius 2 is 1.84 bits per heavy atom. The lowest BCUT2D eigenvalue weighted by molar-refractivity contribution is 0.415. The SMILES string of the molecule is COc1ccccc1-c1ccc(N)c(=O)n1C(C)C. The largest absolute Gasteiger partial charge is 0.496 e. The number of aromatic nitrogens is 1. The van der Waals surface area contributed by atoms with E-state index >= 15 is 0 Å². The molecule has 4 nitrogen and oxygen atoms in total. The molecule has 0 amide bonds. The number of hydrogen-bond donors (Lipinski definition) is 1. The molecule has 0 bridgehead atoms. The van der Waals surface area contributed by atoms with Crippen molar-refractivity contribution >= 4 is 5.69 Å². The van der Waals surface area contributed by atoms with E-state index in [9.17, 15) is 4.79 Å². The lowest BCUT2D eigenvalue weighted by atomic mass is 10.1. The van der Waals surface area contributed by atoms with Gasteiger partial charge in [0, 0.05) is 11.6 Å². The van der Waals surface area contributed by atoms with Crippen LogP contribution in [0.2, 0.25) is 0 Å². The summed E-state index contributed by atoms with van der Waals surface area (Å²) in [6, 6.07) is 11.2. The van der Waals surface area contributed by atoms with Crippen LogP contribution in [-0.4, -0.2) is 11.7 Å². The van der Waals surface area contributed by atoms with Gasteiger partial charge in [-0.2, -0.15) is 0 Å². The maximum Gasteiger partial charge on any atom is 0.274 e. The highest BCUT2D eigenvalue weighted by Gasteiger charge is 2.14. The van der Waals surface area contributed by atoms with Crippen LogP contribution in [0.1, 0.15) is 19.9 Å². The van der Waals surface area contributed by atoms with Crippen molar-refractivity contribution in [3.8, 4) is 17.0 Å². The van der Waals surface area contributed by atoms with Crippen LogP contribution in [0.3, 0.4) is 0 Å². The van der Waals surface area contributed by atoms with E-state index in [1.54, 1.807) is 17.7 Å². The van der Waals surface area contributed by atoms with Gasteiger partial charge in [-0.1, -0.05) is 12.1 Å². The number of nitrogen functional groups attached to an aromatic ring is 1. The molecule has 4 heteroatoms. The molecular weight excluding hydrogens is 240 g/mol. The predicted molar refractivity (Wildman–Crippen MR) is 77.5 cm³/mol. The van der Waals surface area contributed by atoms with Gasteiger partial charge in [0.15, 0.2) is 0 Å². The van der Waals surface area contributed by atoms with E-state index in [2.05, 4.69) is 0 Å². The van der Waals surface area contributed by atoms with Gasteiger partial charge in [-0.3, -0.25) is 4.79 Å². The van der Waals surface area contributed by atoms with Crippen molar-refractivity contribution in [3.63, 3.8) is 0 Å². The number of benzene rings is 1. The topological polar surface area (TPSA) is 57.2 Å². The molecule has 0 aliphatic carbocycles. The molecule has 0 unspecified atom stereocenters. The predicted octanol–water partition coefficient (Wildman–Crippen LogP) is 2.69. The van der Waals surface area contributed by atoms with Crippen LogP contribution in [0.25, 0.3) is 11.3 Å². The normalized spacial score (nSPS) is 10.7. The molecule has 0 saturated heterocycles. The monoisotopic (exact) mass is 258 g/mol. The first-order chi connectivity index (χ1) is 9.06. The number of anilines is 1. The van der Waals surface area contributed by atoms with Gasteiger partial charge in [0.25, 0.3) is 5.56 Å². The standard InChI is InChI=1S/C15H18N2O2/c1-10(2)17-13(9-8-12(16)15(17)18)11-6-4-5-7-14(11)19-3/h4-10H,16H2,1-3H3. The van der Waals surface area contributed by atoms with Gasteiger partial charge in [0.05, 0.1) is 18.5 Å². The van der Waals surface area contributed by atoms with Crippen molar-refractivity contribution in [2.45, 2.75) is 19.9 Å². The minimum atomic E-state index is -0.168. The first-order valence-corrected chi connectivity index (χ1v) is 6.20. The summed E-state index contributed by atoms with van der Waals surface area (Å²) in [6.07, 6.45) is 0. The zero-order valence-corrected chi connectivity index (χ0v) is 11.4. The van der Waals surface area contributed by atoms with Crippen molar-refractivity contribution in [2.75, 3.05) is 12.8 Å². The zero-order chi connectivity index (χ0) is 14.0. The van der Waals surface area contributed by atoms with Crippen molar-refractivity contribution in [3.05, 3.63) is 46.8 Å². The van der Waals surface area contributed by atoms with Gasteiger partial charge < -0.3 is 15.0 Å². The quantitative estimate of drug-likeness (QED) is 0.920. The van der Waals surface area contributed by atoms with Crippen LogP contribution in [0.5, 0.6) is 5.75 Å². The zero-order valence-electron chi connectivity index (χ0n) is 11.4. The first-order valence-electron chi connectivity index (χ1n) is 6.20. The average Bonchev–Trinajstić information content (AvgIpc) is 2.41. The van der Waals surface area contributed by atoms with Crippen LogP contribution in [-0.2, 0) is 0 Å². The number of pyridine rings is 1. The van der Waals surface area contributed by atoms with Crippen molar-refractivity contribution in [1.29, 1.82) is 0 Å². The van der Waals surface area contributed by atoms with E-state index in [0.717, 1.165) is 17.0 Å². The summed E-state index contributed by atoms with van der Waals surface area (Å²) in [7, 11) is 1.62. The molecular formula is C15H18N2O2. The van der Waals surface area contributed by atoms with Gasteiger partial charge in [-0.15, -0.1) is 0 Å². The third-order valence-electron chi connectivity index (χ3n) is 3.05. The Hall–Kier alpha value is -2.23. The summed E-state index contributed by atoms with van der Waals surface area (Å²) >= 11 is 0. The van der Waals surface area contributed by atoms with Crippen LogP contribution in [0, 0.1) is 0 Å². The summed E-state index contributed by atoms with van der Waals surface area (Å²) in [5.74, 6) is 0.737. The molecule has 2 N–H and O–H groups in total. The van der Waals surface area contributed by atoms with Crippen molar-refractivity contribution in [2.24, 2.45) is 0 Å². The smallest absolute Gasteiger partial charge is 0.274 e. The molecule has 0 fully saturated rings. The van der Waals surface area contributed by atoms with E-state index in [0.29, 0.717) is 0 Å². The number of rotatable bonds is 3. The number of nitrogens with two attached hydrogens (primary N) is 1. The van der Waals surface area contributed by atoms with E-state index in [1.807, 2.05) is 44.2 Å². The number of hydrogen-bond acceptors (Lipinski definition) is 3. The van der Waals surface area contributed by atoms with Gasteiger partial charge in [-0.05, 0) is 38.1 Å². The Labute approximate surface area is 112 Å². The molecule has 1 heterocycles. The lowest BCUT2D eigenvalue weighted by Crippen LogP contribution is -2.25. The molecule has 0 atom stereocenters. The van der Waals surface area contributed by atoms with Gasteiger partial charge in [0.2, 0.25) is 0 Å². The lowest BCUT2D eigenvalue weighted by Gasteiger charge is -2.18. The van der Waals surface area contributed by atoms with Crippen molar-refractivity contribution in [1.82, 2.24) is 4.57 Å². The Bertz CT molecular complexity index is 645. The second-order valence-electron chi connectivity index (χ2n) is 4.64. The van der Waals surface area contributed by atoms with Crippen LogP contribution in [0.4, 0.5) is 5.69 Å². The van der Waals surface area contributed by atoms with E-state index in [-0.39, 0.29) is 17.3 Å². The number of ether oxygens (including phenoxy) is 1. The molecule has 0 radical (unpaired) electrons. The molecule has 2 rings (SSSR count). The average molecular weight is 258 g/mol. The highest BCUT2D eigenvalue weighted by atomic mass is 16.5. The molecule has 19 heavy (non-hydrogen) atoms. The minimum absolute atomic E-state index is 0.0240. The van der Waals surface area contributed by atoms with Gasteiger partial charge in [0.1, 0.15) is 5.75 Å². The second-order valence-corrected chi connectivity index (χ2v) is 4.64. The molecule has 1 aromatic carbocycles. The molecule has 0 saturated carbocycles. The van der Waals surface area contributed by atoms with Gasteiger partial charge in [-0.25, -0.2) is 0 Å². The molecule has 0 aliphatic heterocycles. The molecule has 0 aliphatic rings. The summed E-state index contributed by atoms with van der Waals surface area (Å²) in [5.41, 5.74) is 7.50. The molecule has 2 aromatic rings. The fourth-order valence-corrected chi connectivity index (χ4v) is 2.16. The fourth-order valence-electron chi connectivity index (χ4n) is 2.16. The van der Waals surface area contributed by atoms with Crippen LogP contribution < -0.4 is 16.0 Å². The number of methoxy groups -OCH3 is 1. The molecule has 100 valence electrons. The maximum absolute atomic E-state index is 12.2. The Morgan fingerprint density at radius 1 is 1.16 bits per heavy atom. The third-order valence-corrected chi connectivity index (χ3v) is 3.05. The highest BCUT2D eigenvalue weighted by Crippen LogP contribution is 2.30. The Kier molecular flexibility index (Phi) is 3.60. The Morgan fingerprint density at radius 3 is 2.47 bits per heavy atom. The molecule has 1 aromatic heterocycles. The fraction of sp³-hybridized carbons (Fsp3) is 0.267. The molecule has 0 spiro atoms. The third kappa shape index (κ3) is 2.34. The van der Waals surface area contributed by atoms with E-state index in [4.69, 9.17) is 10.5 Å². The van der Waals surface area contributed by atoms with Crippen molar-refractivity contribution < 1.29 is 4.74 Å². The van der Waals surface area contributed by atoms with E-state index < -0.39 is 0 Å². The van der Waals surface area contributed by atoms with Crippen LogP contribution >= 0.6 is 0 Å². The highest BCUT2D eigenvalue weighted by molar-refractivity contribution is 5.68.